The van der Waals surface area contributed by atoms with Gasteiger partial charge in [0.1, 0.15) is 0 Å². The van der Waals surface area contributed by atoms with Crippen molar-refractivity contribution in [2.45, 2.75) is 5.37 Å². The van der Waals surface area contributed by atoms with Gasteiger partial charge in [0.2, 0.25) is 0 Å². The minimum absolute atomic E-state index is 0.149. The van der Waals surface area contributed by atoms with Crippen LogP contribution in [0.25, 0.3) is 0 Å². The molecular formula is C6H10N2S. The molecule has 1 aromatic heterocycles. The van der Waals surface area contributed by atoms with E-state index < -0.39 is 0 Å². The Kier molecular flexibility index (Phi) is 2.19. The first-order valence-electron chi connectivity index (χ1n) is 2.82. The summed E-state index contributed by atoms with van der Waals surface area (Å²) in [4.78, 5) is 2.96. The third-order valence-electron chi connectivity index (χ3n) is 1.21. The summed E-state index contributed by atoms with van der Waals surface area (Å²) in [6.07, 6.45) is 3.81. The number of thiol groups is 1. The van der Waals surface area contributed by atoms with Crippen LogP contribution in [0.2, 0.25) is 0 Å². The normalized spacial score (nSPS) is 13.6. The molecule has 0 spiro atoms. The molecule has 2 nitrogen and oxygen atoms in total. The van der Waals surface area contributed by atoms with Gasteiger partial charge in [-0.25, -0.2) is 0 Å². The van der Waals surface area contributed by atoms with Crippen molar-refractivity contribution in [2.24, 2.45) is 0 Å². The summed E-state index contributed by atoms with van der Waals surface area (Å²) in [5.41, 5.74) is 1.17. The summed E-state index contributed by atoms with van der Waals surface area (Å²) < 4.78 is 0. The molecule has 0 saturated heterocycles. The molecule has 0 fully saturated rings. The van der Waals surface area contributed by atoms with E-state index in [1.54, 1.807) is 0 Å². The third kappa shape index (κ3) is 1.50. The molecule has 0 amide bonds. The molecule has 0 aromatic carbocycles. The van der Waals surface area contributed by atoms with E-state index in [9.17, 15) is 0 Å². The number of hydrogen-bond acceptors (Lipinski definition) is 2. The molecule has 1 rings (SSSR count). The maximum absolute atomic E-state index is 4.25. The quantitative estimate of drug-likeness (QED) is 0.419. The highest BCUT2D eigenvalue weighted by molar-refractivity contribution is 7.80. The molecule has 9 heavy (non-hydrogen) atoms. The Morgan fingerprint density at radius 3 is 3.00 bits per heavy atom. The summed E-state index contributed by atoms with van der Waals surface area (Å²) in [5.74, 6) is 0. The molecule has 0 radical (unpaired) electrons. The van der Waals surface area contributed by atoms with E-state index in [2.05, 4.69) is 22.9 Å². The van der Waals surface area contributed by atoms with Crippen LogP contribution in [0.5, 0.6) is 0 Å². The molecule has 0 aliphatic carbocycles. The molecule has 1 atom stereocenters. The number of aromatic nitrogens is 1. The van der Waals surface area contributed by atoms with Gasteiger partial charge in [0.25, 0.3) is 0 Å². The summed E-state index contributed by atoms with van der Waals surface area (Å²) in [5, 5.41) is 3.16. The van der Waals surface area contributed by atoms with Crippen LogP contribution in [0, 0.1) is 0 Å². The van der Waals surface area contributed by atoms with Crippen LogP contribution in [0.3, 0.4) is 0 Å². The van der Waals surface area contributed by atoms with Crippen LogP contribution in [0.1, 0.15) is 10.9 Å². The Balaban J connectivity index is 2.65. The van der Waals surface area contributed by atoms with Crippen LogP contribution in [0.15, 0.2) is 18.5 Å². The summed E-state index contributed by atoms with van der Waals surface area (Å²) in [6, 6.07) is 1.99. The zero-order valence-electron chi connectivity index (χ0n) is 5.26. The van der Waals surface area contributed by atoms with Gasteiger partial charge in [0, 0.05) is 12.4 Å². The van der Waals surface area contributed by atoms with E-state index >= 15 is 0 Å². The van der Waals surface area contributed by atoms with Crippen molar-refractivity contribution in [3.8, 4) is 0 Å². The number of H-pyrrole nitrogens is 1. The van der Waals surface area contributed by atoms with Crippen molar-refractivity contribution < 1.29 is 0 Å². The highest BCUT2D eigenvalue weighted by Gasteiger charge is 2.00. The van der Waals surface area contributed by atoms with Crippen molar-refractivity contribution in [3.05, 3.63) is 24.0 Å². The van der Waals surface area contributed by atoms with Crippen molar-refractivity contribution in [1.29, 1.82) is 0 Å². The Bertz CT molecular complexity index is 160. The van der Waals surface area contributed by atoms with Crippen molar-refractivity contribution >= 4 is 12.6 Å². The lowest BCUT2D eigenvalue weighted by Crippen LogP contribution is -2.08. The van der Waals surface area contributed by atoms with E-state index in [1.165, 1.54) is 5.56 Å². The second-order valence-electron chi connectivity index (χ2n) is 1.84. The van der Waals surface area contributed by atoms with Gasteiger partial charge in [-0.1, -0.05) is 0 Å². The Morgan fingerprint density at radius 1 is 1.78 bits per heavy atom. The monoisotopic (exact) mass is 142 g/mol. The Morgan fingerprint density at radius 2 is 2.56 bits per heavy atom. The molecular weight excluding hydrogens is 132 g/mol. The topological polar surface area (TPSA) is 27.8 Å². The third-order valence-corrected chi connectivity index (χ3v) is 1.77. The standard InChI is InChI=1S/C6H10N2S/c1-7-6(9)5-2-3-8-4-5/h2-4,6-9H,1H3. The zero-order chi connectivity index (χ0) is 6.69. The number of hydrogen-bond donors (Lipinski definition) is 3. The predicted octanol–water partition coefficient (Wildman–Crippen LogP) is 1.16. The lowest BCUT2D eigenvalue weighted by atomic mass is 10.3. The van der Waals surface area contributed by atoms with Gasteiger partial charge in [0.15, 0.2) is 0 Å². The van der Waals surface area contributed by atoms with Crippen LogP contribution in [-0.4, -0.2) is 12.0 Å². The molecule has 0 bridgehead atoms. The molecule has 0 aliphatic rings. The zero-order valence-corrected chi connectivity index (χ0v) is 6.15. The number of rotatable bonds is 2. The first-order chi connectivity index (χ1) is 4.34. The Hall–Kier alpha value is -0.410. The summed E-state index contributed by atoms with van der Waals surface area (Å²) in [6.45, 7) is 0. The highest BCUT2D eigenvalue weighted by atomic mass is 32.1. The summed E-state index contributed by atoms with van der Waals surface area (Å²) >= 11 is 4.25. The van der Waals surface area contributed by atoms with Gasteiger partial charge in [-0.2, -0.15) is 12.6 Å². The van der Waals surface area contributed by atoms with E-state index in [0.29, 0.717) is 0 Å². The molecule has 1 aromatic rings. The first-order valence-corrected chi connectivity index (χ1v) is 3.34. The predicted molar refractivity (Wildman–Crippen MR) is 41.6 cm³/mol. The van der Waals surface area contributed by atoms with Crippen LogP contribution in [0.4, 0.5) is 0 Å². The minimum atomic E-state index is 0.149. The Labute approximate surface area is 60.1 Å². The van der Waals surface area contributed by atoms with Crippen molar-refractivity contribution in [3.63, 3.8) is 0 Å². The van der Waals surface area contributed by atoms with Gasteiger partial charge < -0.3 is 10.3 Å². The maximum Gasteiger partial charge on any atom is 0.0771 e. The molecule has 0 saturated carbocycles. The molecule has 1 heterocycles. The number of aromatic amines is 1. The average Bonchev–Trinajstić information content (AvgIpc) is 2.37. The van der Waals surface area contributed by atoms with E-state index in [1.807, 2.05) is 25.5 Å². The van der Waals surface area contributed by atoms with Gasteiger partial charge >= 0.3 is 0 Å². The molecule has 3 heteroatoms. The lowest BCUT2D eigenvalue weighted by Gasteiger charge is -2.04. The second-order valence-corrected chi connectivity index (χ2v) is 2.35. The van der Waals surface area contributed by atoms with Crippen molar-refractivity contribution in [1.82, 2.24) is 10.3 Å². The van der Waals surface area contributed by atoms with Gasteiger partial charge in [-0.05, 0) is 18.7 Å². The van der Waals surface area contributed by atoms with E-state index in [-0.39, 0.29) is 5.37 Å². The molecule has 0 aliphatic heterocycles. The van der Waals surface area contributed by atoms with Gasteiger partial charge in [0.05, 0.1) is 5.37 Å². The van der Waals surface area contributed by atoms with Crippen molar-refractivity contribution in [2.75, 3.05) is 7.05 Å². The fraction of sp³-hybridized carbons (Fsp3) is 0.333. The fourth-order valence-corrected chi connectivity index (χ4v) is 0.834. The minimum Gasteiger partial charge on any atom is -0.367 e. The average molecular weight is 142 g/mol. The summed E-state index contributed by atoms with van der Waals surface area (Å²) in [7, 11) is 1.88. The fourth-order valence-electron chi connectivity index (χ4n) is 0.674. The van der Waals surface area contributed by atoms with Gasteiger partial charge in [-0.3, -0.25) is 0 Å². The highest BCUT2D eigenvalue weighted by Crippen LogP contribution is 2.13. The van der Waals surface area contributed by atoms with E-state index in [4.69, 9.17) is 0 Å². The molecule has 1 unspecified atom stereocenters. The second kappa shape index (κ2) is 2.94. The maximum atomic E-state index is 4.25. The van der Waals surface area contributed by atoms with Gasteiger partial charge in [-0.15, -0.1) is 0 Å². The molecule has 50 valence electrons. The lowest BCUT2D eigenvalue weighted by molar-refractivity contribution is 0.801. The molecule has 2 N–H and O–H groups in total. The SMILES string of the molecule is CNC(S)c1cc[nH]c1. The van der Waals surface area contributed by atoms with Crippen LogP contribution in [-0.2, 0) is 0 Å². The number of nitrogens with one attached hydrogen (secondary N) is 2. The smallest absolute Gasteiger partial charge is 0.0771 e. The largest absolute Gasteiger partial charge is 0.367 e. The van der Waals surface area contributed by atoms with Crippen LogP contribution < -0.4 is 5.32 Å². The van der Waals surface area contributed by atoms with Crippen LogP contribution >= 0.6 is 12.6 Å². The first kappa shape index (κ1) is 6.71. The van der Waals surface area contributed by atoms with E-state index in [0.717, 1.165) is 0 Å².